The Kier molecular flexibility index (Phi) is 4.39. The van der Waals surface area contributed by atoms with Crippen molar-refractivity contribution in [2.24, 2.45) is 0 Å². The van der Waals surface area contributed by atoms with Gasteiger partial charge in [-0.2, -0.15) is 18.2 Å². The number of aryl methyl sites for hydroxylation is 2. The van der Waals surface area contributed by atoms with Gasteiger partial charge in [-0.05, 0) is 48.7 Å². The van der Waals surface area contributed by atoms with Gasteiger partial charge in [0.05, 0.1) is 6.93 Å². The van der Waals surface area contributed by atoms with Crippen molar-refractivity contribution in [2.45, 2.75) is 20.0 Å². The molecule has 0 saturated carbocycles. The van der Waals surface area contributed by atoms with E-state index in [1.54, 1.807) is 62.4 Å². The molecule has 0 amide bonds. The summed E-state index contributed by atoms with van der Waals surface area (Å²) in [6, 6.07) is 16.4. The van der Waals surface area contributed by atoms with E-state index in [2.05, 4.69) is 10.1 Å². The van der Waals surface area contributed by atoms with Gasteiger partial charge in [-0.15, -0.1) is 0 Å². The average molecular weight is 395 g/mol. The van der Waals surface area contributed by atoms with Crippen LogP contribution >= 0.6 is 0 Å². The van der Waals surface area contributed by atoms with Crippen LogP contribution in [-0.4, -0.2) is 10.1 Å². The fraction of sp³-hybridized carbons (Fsp3) is 0.130. The van der Waals surface area contributed by atoms with E-state index in [4.69, 9.17) is 5.89 Å². The average Bonchev–Trinajstić information content (AvgIpc) is 3.20. The summed E-state index contributed by atoms with van der Waals surface area (Å²) in [5.41, 5.74) is 2.17. The van der Waals surface area contributed by atoms with Crippen LogP contribution in [-0.2, 0) is 6.18 Å². The zero-order valence-electron chi connectivity index (χ0n) is 16.7. The van der Waals surface area contributed by atoms with E-state index in [-0.39, 0.29) is 22.8 Å². The maximum atomic E-state index is 13.8. The molecule has 0 unspecified atom stereocenters. The number of halogens is 3. The van der Waals surface area contributed by atoms with Gasteiger partial charge in [-0.3, -0.25) is 0 Å². The van der Waals surface area contributed by atoms with E-state index in [0.717, 1.165) is 17.2 Å². The molecule has 0 N–H and O–H groups in total. The minimum absolute atomic E-state index is 0.000522. The van der Waals surface area contributed by atoms with E-state index in [1.807, 2.05) is 0 Å². The molecule has 0 aliphatic heterocycles. The topological polar surface area (TPSA) is 38.9 Å². The second-order valence-corrected chi connectivity index (χ2v) is 6.76. The highest BCUT2D eigenvalue weighted by Crippen LogP contribution is 2.40. The summed E-state index contributed by atoms with van der Waals surface area (Å²) in [6.45, 7) is 3.56. The fourth-order valence-corrected chi connectivity index (χ4v) is 3.20. The molecule has 0 aliphatic carbocycles. The Morgan fingerprint density at radius 3 is 2.41 bits per heavy atom. The number of rotatable bonds is 3. The van der Waals surface area contributed by atoms with Crippen molar-refractivity contribution in [3.05, 3.63) is 83.4 Å². The van der Waals surface area contributed by atoms with E-state index in [9.17, 15) is 13.2 Å². The molecule has 0 spiro atoms. The quantitative estimate of drug-likeness (QED) is 0.387. The van der Waals surface area contributed by atoms with Crippen LogP contribution in [0.4, 0.5) is 13.2 Å². The largest absolute Gasteiger partial charge is 0.417 e. The first-order chi connectivity index (χ1) is 14.2. The van der Waals surface area contributed by atoms with Crippen LogP contribution in [0.25, 0.3) is 34.0 Å². The summed E-state index contributed by atoms with van der Waals surface area (Å²) in [4.78, 5) is 4.26. The predicted molar refractivity (Wildman–Crippen MR) is 105 cm³/mol. The van der Waals surface area contributed by atoms with Crippen LogP contribution < -0.4 is 0 Å². The van der Waals surface area contributed by atoms with Crippen molar-refractivity contribution in [3.8, 4) is 34.0 Å². The molecule has 0 atom stereocenters. The maximum Gasteiger partial charge on any atom is 0.417 e. The van der Waals surface area contributed by atoms with Gasteiger partial charge in [0.2, 0.25) is 5.82 Å². The number of hydrogen-bond acceptors (Lipinski definition) is 3. The van der Waals surface area contributed by atoms with Gasteiger partial charge in [-0.1, -0.05) is 59.2 Å². The molecule has 0 fully saturated rings. The molecule has 1 aromatic heterocycles. The van der Waals surface area contributed by atoms with E-state index in [1.165, 1.54) is 6.07 Å². The van der Waals surface area contributed by atoms with Gasteiger partial charge in [0.25, 0.3) is 5.89 Å². The van der Waals surface area contributed by atoms with Crippen molar-refractivity contribution >= 4 is 0 Å². The Labute approximate surface area is 167 Å². The normalized spacial score (nSPS) is 12.1. The molecule has 4 aromatic rings. The van der Waals surface area contributed by atoms with E-state index >= 15 is 0 Å². The molecule has 146 valence electrons. The molecule has 1 heterocycles. The molecule has 29 heavy (non-hydrogen) atoms. The summed E-state index contributed by atoms with van der Waals surface area (Å²) in [7, 11) is 0. The first-order valence-corrected chi connectivity index (χ1v) is 8.93. The maximum absolute atomic E-state index is 13.8. The van der Waals surface area contributed by atoms with Crippen LogP contribution in [0.3, 0.4) is 0 Å². The number of alkyl halides is 3. The minimum atomic E-state index is -4.54. The Morgan fingerprint density at radius 1 is 0.897 bits per heavy atom. The Hall–Kier alpha value is -3.41. The molecule has 0 radical (unpaired) electrons. The van der Waals surface area contributed by atoms with Crippen molar-refractivity contribution < 1.29 is 19.1 Å². The van der Waals surface area contributed by atoms with Gasteiger partial charge >= 0.3 is 6.18 Å². The number of benzene rings is 3. The summed E-state index contributed by atoms with van der Waals surface area (Å²) < 4.78 is 54.5. The van der Waals surface area contributed by atoms with Crippen molar-refractivity contribution in [2.75, 3.05) is 0 Å². The highest BCUT2D eigenvalue weighted by molar-refractivity contribution is 5.74. The van der Waals surface area contributed by atoms with Crippen LogP contribution in [0.15, 0.2) is 71.2 Å². The van der Waals surface area contributed by atoms with Gasteiger partial charge in [0.1, 0.15) is 0 Å². The van der Waals surface area contributed by atoms with Crippen molar-refractivity contribution in [3.63, 3.8) is 0 Å². The monoisotopic (exact) mass is 395 g/mol. The Bertz CT molecular complexity index is 1230. The van der Waals surface area contributed by atoms with Crippen molar-refractivity contribution in [1.29, 1.82) is 0 Å². The third kappa shape index (κ3) is 3.78. The highest BCUT2D eigenvalue weighted by Gasteiger charge is 2.34. The first-order valence-electron chi connectivity index (χ1n) is 9.43. The molecular formula is C23H17F3N2O. The van der Waals surface area contributed by atoms with Crippen molar-refractivity contribution in [1.82, 2.24) is 10.1 Å². The molecule has 0 bridgehead atoms. The van der Waals surface area contributed by atoms with E-state index in [0.29, 0.717) is 17.2 Å². The van der Waals surface area contributed by atoms with Gasteiger partial charge in [-0.25, -0.2) is 0 Å². The summed E-state index contributed by atoms with van der Waals surface area (Å²) >= 11 is 0. The zero-order chi connectivity index (χ0) is 21.5. The highest BCUT2D eigenvalue weighted by atomic mass is 19.4. The van der Waals surface area contributed by atoms with Gasteiger partial charge < -0.3 is 4.52 Å². The lowest BCUT2D eigenvalue weighted by Crippen LogP contribution is -2.08. The van der Waals surface area contributed by atoms with Crippen LogP contribution in [0, 0.1) is 13.8 Å². The van der Waals surface area contributed by atoms with E-state index < -0.39 is 11.7 Å². The summed E-state index contributed by atoms with van der Waals surface area (Å²) in [5, 5.41) is 3.89. The molecular weight excluding hydrogens is 377 g/mol. The Balaban J connectivity index is 1.78. The molecule has 3 nitrogen and oxygen atoms in total. The third-order valence-electron chi connectivity index (χ3n) is 4.64. The number of nitrogens with zero attached hydrogens (tertiary/aromatic N) is 2. The SMILES string of the molecule is [2H]c1ccc(-c2noc(-c3ccc(-c4ccccc4C)c(C(F)(F)F)c3)n2)cc1C. The molecule has 0 saturated heterocycles. The predicted octanol–water partition coefficient (Wildman–Crippen LogP) is 6.71. The standard InChI is InChI=1S/C23H17F3N2O/c1-14-6-5-8-16(12-14)21-27-22(29-28-21)17-10-11-19(20(13-17)23(24,25)26)18-9-4-3-7-15(18)2/h3-13H,1-2H3/i6D. The second kappa shape index (κ2) is 7.20. The van der Waals surface area contributed by atoms with Gasteiger partial charge in [0, 0.05) is 11.1 Å². The minimum Gasteiger partial charge on any atom is -0.334 e. The molecule has 3 aromatic carbocycles. The van der Waals surface area contributed by atoms with Crippen LogP contribution in [0.5, 0.6) is 0 Å². The third-order valence-corrected chi connectivity index (χ3v) is 4.64. The molecule has 0 aliphatic rings. The number of aromatic nitrogens is 2. The number of hydrogen-bond donors (Lipinski definition) is 0. The Morgan fingerprint density at radius 2 is 1.69 bits per heavy atom. The fourth-order valence-electron chi connectivity index (χ4n) is 3.20. The van der Waals surface area contributed by atoms with Crippen LogP contribution in [0.1, 0.15) is 18.1 Å². The second-order valence-electron chi connectivity index (χ2n) is 6.76. The lowest BCUT2D eigenvalue weighted by Gasteiger charge is -2.15. The first kappa shape index (κ1) is 17.7. The lowest BCUT2D eigenvalue weighted by molar-refractivity contribution is -0.137. The van der Waals surface area contributed by atoms with Crippen LogP contribution in [0.2, 0.25) is 0 Å². The lowest BCUT2D eigenvalue weighted by atomic mass is 9.94. The molecule has 6 heteroatoms. The summed E-state index contributed by atoms with van der Waals surface area (Å²) in [5.74, 6) is 0.254. The zero-order valence-corrected chi connectivity index (χ0v) is 15.7. The van der Waals surface area contributed by atoms with Gasteiger partial charge in [0.15, 0.2) is 0 Å². The molecule has 4 rings (SSSR count). The smallest absolute Gasteiger partial charge is 0.334 e. The summed E-state index contributed by atoms with van der Waals surface area (Å²) in [6.07, 6.45) is -4.54.